The maximum atomic E-state index is 13.1. The number of allylic oxidation sites excluding steroid dienone is 4. The van der Waals surface area contributed by atoms with Crippen molar-refractivity contribution in [3.05, 3.63) is 24.3 Å². The summed E-state index contributed by atoms with van der Waals surface area (Å²) in [5.74, 6) is -0.651. The van der Waals surface area contributed by atoms with Gasteiger partial charge in [-0.25, -0.2) is 9.13 Å². The van der Waals surface area contributed by atoms with Gasteiger partial charge in [0.15, 0.2) is 12.2 Å². The van der Waals surface area contributed by atoms with Crippen molar-refractivity contribution < 1.29 is 80.2 Å². The summed E-state index contributed by atoms with van der Waals surface area (Å²) in [5, 5.41) is 10.6. The van der Waals surface area contributed by atoms with Gasteiger partial charge in [-0.2, -0.15) is 0 Å². The van der Waals surface area contributed by atoms with Crippen LogP contribution in [-0.2, 0) is 65.4 Å². The van der Waals surface area contributed by atoms with Crippen molar-refractivity contribution in [3.8, 4) is 0 Å². The lowest BCUT2D eigenvalue weighted by molar-refractivity contribution is -0.161. The van der Waals surface area contributed by atoms with Crippen LogP contribution in [0, 0.1) is 11.8 Å². The minimum absolute atomic E-state index is 0.102. The van der Waals surface area contributed by atoms with E-state index in [1.54, 1.807) is 0 Å². The lowest BCUT2D eigenvalue weighted by Gasteiger charge is -2.21. The van der Waals surface area contributed by atoms with E-state index < -0.39 is 97.5 Å². The summed E-state index contributed by atoms with van der Waals surface area (Å²) in [6, 6.07) is 0. The third-order valence-electron chi connectivity index (χ3n) is 18.2. The Bertz CT molecular complexity index is 1990. The second-order valence-electron chi connectivity index (χ2n) is 28.5. The Labute approximate surface area is 599 Å². The number of esters is 4. The molecular weight excluding hydrogens is 1280 g/mol. The number of ether oxygens (including phenoxy) is 4. The Morgan fingerprint density at radius 3 is 0.918 bits per heavy atom. The molecule has 0 heterocycles. The SMILES string of the molecule is CCCCCC/C=C\C=C/CCCCCCCC(=O)OC[C@H](COP(=O)(O)OC[C@@H](O)COP(=O)(O)OC[C@@H](COC(=O)CCCCCCCCC(C)CC)OC(=O)CCCCCCCCCCCCCC(C)C)OC(=O)CCCCCCCCCCCCCCCCCCCCC. The van der Waals surface area contributed by atoms with E-state index in [9.17, 15) is 43.2 Å². The molecule has 0 aliphatic rings. The van der Waals surface area contributed by atoms with Crippen LogP contribution in [0.2, 0.25) is 0 Å². The smallest absolute Gasteiger partial charge is 0.462 e. The molecule has 0 saturated heterocycles. The molecule has 0 bridgehead atoms. The van der Waals surface area contributed by atoms with Crippen molar-refractivity contribution in [3.63, 3.8) is 0 Å². The van der Waals surface area contributed by atoms with Gasteiger partial charge in [0.05, 0.1) is 26.4 Å². The Balaban J connectivity index is 5.28. The molecule has 0 aromatic heterocycles. The number of rotatable bonds is 76. The molecule has 0 saturated carbocycles. The van der Waals surface area contributed by atoms with E-state index in [1.165, 1.54) is 180 Å². The minimum atomic E-state index is -4.97. The van der Waals surface area contributed by atoms with Gasteiger partial charge in [-0.15, -0.1) is 0 Å². The van der Waals surface area contributed by atoms with Gasteiger partial charge < -0.3 is 33.8 Å². The molecule has 19 heteroatoms. The molecule has 0 aromatic rings. The summed E-state index contributed by atoms with van der Waals surface area (Å²) in [4.78, 5) is 72.9. The van der Waals surface area contributed by atoms with E-state index in [1.807, 2.05) is 0 Å². The van der Waals surface area contributed by atoms with Gasteiger partial charge in [0.1, 0.15) is 19.3 Å². The zero-order valence-electron chi connectivity index (χ0n) is 63.6. The Hall–Kier alpha value is -2.46. The maximum absolute atomic E-state index is 13.1. The van der Waals surface area contributed by atoms with Crippen LogP contribution in [0.1, 0.15) is 388 Å². The van der Waals surface area contributed by atoms with Crippen LogP contribution in [0.15, 0.2) is 24.3 Å². The maximum Gasteiger partial charge on any atom is 0.472 e. The highest BCUT2D eigenvalue weighted by Gasteiger charge is 2.30. The van der Waals surface area contributed by atoms with Crippen molar-refractivity contribution in [2.24, 2.45) is 11.8 Å². The number of hydrogen-bond acceptors (Lipinski definition) is 15. The van der Waals surface area contributed by atoms with Crippen LogP contribution in [0.25, 0.3) is 0 Å². The fourth-order valence-electron chi connectivity index (χ4n) is 11.6. The second kappa shape index (κ2) is 70.2. The monoisotopic (exact) mass is 1430 g/mol. The molecule has 0 amide bonds. The lowest BCUT2D eigenvalue weighted by atomic mass is 10.00. The second-order valence-corrected chi connectivity index (χ2v) is 31.4. The molecule has 98 heavy (non-hydrogen) atoms. The van der Waals surface area contributed by atoms with Crippen LogP contribution >= 0.6 is 15.6 Å². The van der Waals surface area contributed by atoms with Crippen molar-refractivity contribution in [1.82, 2.24) is 0 Å². The number of carbonyl (C=O) groups excluding carboxylic acids is 4. The van der Waals surface area contributed by atoms with Crippen LogP contribution in [-0.4, -0.2) is 96.7 Å². The van der Waals surface area contributed by atoms with Gasteiger partial charge in [0.25, 0.3) is 0 Å². The largest absolute Gasteiger partial charge is 0.472 e. The van der Waals surface area contributed by atoms with Crippen LogP contribution in [0.5, 0.6) is 0 Å². The Morgan fingerprint density at radius 1 is 0.337 bits per heavy atom. The van der Waals surface area contributed by atoms with E-state index in [4.69, 9.17) is 37.0 Å². The third-order valence-corrected chi connectivity index (χ3v) is 20.1. The summed E-state index contributed by atoms with van der Waals surface area (Å²) < 4.78 is 68.6. The summed E-state index contributed by atoms with van der Waals surface area (Å²) in [5.41, 5.74) is 0. The van der Waals surface area contributed by atoms with Crippen molar-refractivity contribution >= 4 is 39.5 Å². The first-order valence-corrected chi connectivity index (χ1v) is 43.3. The van der Waals surface area contributed by atoms with Gasteiger partial charge in [0, 0.05) is 25.7 Å². The average molecular weight is 1430 g/mol. The van der Waals surface area contributed by atoms with Gasteiger partial charge in [-0.05, 0) is 63.2 Å². The number of phosphoric acid groups is 2. The summed E-state index contributed by atoms with van der Waals surface area (Å²) in [6.45, 7) is 9.51. The van der Waals surface area contributed by atoms with Crippen LogP contribution < -0.4 is 0 Å². The number of phosphoric ester groups is 2. The zero-order chi connectivity index (χ0) is 72.1. The first-order chi connectivity index (χ1) is 47.4. The predicted octanol–water partition coefficient (Wildman–Crippen LogP) is 23.1. The summed E-state index contributed by atoms with van der Waals surface area (Å²) in [7, 11) is -9.93. The molecule has 6 atom stereocenters. The molecule has 0 aliphatic carbocycles. The molecule has 3 N–H and O–H groups in total. The van der Waals surface area contributed by atoms with E-state index in [2.05, 4.69) is 65.8 Å². The fraction of sp³-hybridized carbons (Fsp3) is 0.899. The topological polar surface area (TPSA) is 237 Å². The molecule has 0 fully saturated rings. The Morgan fingerprint density at radius 2 is 0.602 bits per heavy atom. The average Bonchev–Trinajstić information content (AvgIpc) is 0.989. The summed E-state index contributed by atoms with van der Waals surface area (Å²) in [6.07, 6.45) is 61.9. The minimum Gasteiger partial charge on any atom is -0.462 e. The highest BCUT2D eigenvalue weighted by molar-refractivity contribution is 7.47. The predicted molar refractivity (Wildman–Crippen MR) is 400 cm³/mol. The number of unbranched alkanes of at least 4 members (excludes halogenated alkanes) is 42. The number of aliphatic hydroxyl groups excluding tert-OH is 1. The molecule has 0 aliphatic heterocycles. The van der Waals surface area contributed by atoms with E-state index in [0.29, 0.717) is 25.7 Å². The highest BCUT2D eigenvalue weighted by atomic mass is 31.2. The lowest BCUT2D eigenvalue weighted by Crippen LogP contribution is -2.30. The van der Waals surface area contributed by atoms with Crippen molar-refractivity contribution in [2.45, 2.75) is 407 Å². The standard InChI is InChI=1S/C79H150O17P2/c1-7-10-12-14-16-18-20-22-24-25-26-27-29-31-35-39-43-51-57-63-78(83)95-74(67-89-76(81)61-55-49-42-38-34-30-28-23-21-19-17-15-13-11-8-2)69-93-97(85,86)91-65-73(80)66-92-98(87,88)94-70-75(68-90-77(82)62-56-50-46-45-48-54-60-72(6)9-3)96-79(84)64-58-52-44-40-36-32-33-37-41-47-53-59-71(4)5/h19,21,23,28,71-75,80H,7-18,20,22,24-27,29-70H2,1-6H3,(H,85,86)(H,87,88)/b21-19-,28-23-/t72?,73-,74-,75-/m1/s1. The number of aliphatic hydroxyl groups is 1. The van der Waals surface area contributed by atoms with Crippen molar-refractivity contribution in [1.29, 1.82) is 0 Å². The van der Waals surface area contributed by atoms with Crippen LogP contribution in [0.4, 0.5) is 0 Å². The quantitative estimate of drug-likeness (QED) is 0.0169. The summed E-state index contributed by atoms with van der Waals surface area (Å²) >= 11 is 0. The number of carbonyl (C=O) groups is 4. The van der Waals surface area contributed by atoms with Gasteiger partial charge in [-0.1, -0.05) is 336 Å². The van der Waals surface area contributed by atoms with Gasteiger partial charge >= 0.3 is 39.5 Å². The molecule has 3 unspecified atom stereocenters. The van der Waals surface area contributed by atoms with Gasteiger partial charge in [0.2, 0.25) is 0 Å². The van der Waals surface area contributed by atoms with E-state index >= 15 is 0 Å². The third kappa shape index (κ3) is 70.6. The number of hydrogen-bond donors (Lipinski definition) is 3. The molecule has 0 aromatic carbocycles. The molecule has 17 nitrogen and oxygen atoms in total. The Kier molecular flexibility index (Phi) is 68.5. The molecular formula is C79H150O17P2. The van der Waals surface area contributed by atoms with Gasteiger partial charge in [-0.3, -0.25) is 37.3 Å². The highest BCUT2D eigenvalue weighted by Crippen LogP contribution is 2.45. The normalized spacial score (nSPS) is 14.4. The van der Waals surface area contributed by atoms with E-state index in [0.717, 1.165) is 127 Å². The van der Waals surface area contributed by atoms with Crippen LogP contribution in [0.3, 0.4) is 0 Å². The first kappa shape index (κ1) is 95.5. The molecule has 578 valence electrons. The van der Waals surface area contributed by atoms with Crippen molar-refractivity contribution in [2.75, 3.05) is 39.6 Å². The fourth-order valence-corrected chi connectivity index (χ4v) is 13.2. The molecule has 0 radical (unpaired) electrons. The first-order valence-electron chi connectivity index (χ1n) is 40.3. The molecule has 0 spiro atoms. The molecule has 0 rings (SSSR count). The zero-order valence-corrected chi connectivity index (χ0v) is 65.4. The van der Waals surface area contributed by atoms with E-state index in [-0.39, 0.29) is 25.7 Å².